The van der Waals surface area contributed by atoms with E-state index in [2.05, 4.69) is 0 Å². The van der Waals surface area contributed by atoms with E-state index in [4.69, 9.17) is 23.4 Å². The highest BCUT2D eigenvalue weighted by Crippen LogP contribution is 2.27. The standard InChI is InChI=1S/C25H16O7/c26-24-20-9-7-17(29-13-19-8-10-21(32-19)25(27)28)12-22(20)30-14-23(24)31-18-6-5-15-3-1-2-4-16(15)11-18/h1-12,14H,13H2,(H,27,28). The Morgan fingerprint density at radius 1 is 0.906 bits per heavy atom. The van der Waals surface area contributed by atoms with Gasteiger partial charge in [-0.3, -0.25) is 4.79 Å². The summed E-state index contributed by atoms with van der Waals surface area (Å²) < 4.78 is 22.2. The van der Waals surface area contributed by atoms with Gasteiger partial charge in [0.05, 0.1) is 5.39 Å². The van der Waals surface area contributed by atoms with Crippen LogP contribution in [0.3, 0.4) is 0 Å². The van der Waals surface area contributed by atoms with Crippen molar-refractivity contribution < 1.29 is 28.2 Å². The average molecular weight is 428 g/mol. The van der Waals surface area contributed by atoms with Gasteiger partial charge < -0.3 is 23.4 Å². The molecule has 32 heavy (non-hydrogen) atoms. The van der Waals surface area contributed by atoms with Crippen LogP contribution in [0, 0.1) is 0 Å². The molecule has 7 nitrogen and oxygen atoms in total. The molecule has 1 N–H and O–H groups in total. The van der Waals surface area contributed by atoms with Gasteiger partial charge in [-0.1, -0.05) is 30.3 Å². The number of rotatable bonds is 6. The summed E-state index contributed by atoms with van der Waals surface area (Å²) >= 11 is 0. The second kappa shape index (κ2) is 7.96. The zero-order valence-corrected chi connectivity index (χ0v) is 16.6. The smallest absolute Gasteiger partial charge is 0.371 e. The number of furan rings is 1. The number of hydrogen-bond donors (Lipinski definition) is 1. The molecular formula is C25H16O7. The van der Waals surface area contributed by atoms with E-state index in [0.717, 1.165) is 10.8 Å². The number of carboxylic acid groups (broad SMARTS) is 1. The van der Waals surface area contributed by atoms with Crippen molar-refractivity contribution >= 4 is 27.7 Å². The van der Waals surface area contributed by atoms with Crippen molar-refractivity contribution in [2.24, 2.45) is 0 Å². The van der Waals surface area contributed by atoms with Crippen molar-refractivity contribution in [1.29, 1.82) is 0 Å². The van der Waals surface area contributed by atoms with Gasteiger partial charge in [-0.15, -0.1) is 0 Å². The Bertz CT molecular complexity index is 1510. The van der Waals surface area contributed by atoms with Crippen LogP contribution in [0.2, 0.25) is 0 Å². The maximum absolute atomic E-state index is 12.9. The lowest BCUT2D eigenvalue weighted by molar-refractivity contribution is 0.0658. The minimum Gasteiger partial charge on any atom is -0.486 e. The van der Waals surface area contributed by atoms with Gasteiger partial charge in [0.25, 0.3) is 0 Å². The number of carboxylic acids is 1. The molecule has 0 spiro atoms. The third-order valence-electron chi connectivity index (χ3n) is 4.92. The second-order valence-corrected chi connectivity index (χ2v) is 7.06. The summed E-state index contributed by atoms with van der Waals surface area (Å²) in [6, 6.07) is 21.1. The fourth-order valence-corrected chi connectivity index (χ4v) is 3.33. The first kappa shape index (κ1) is 19.4. The van der Waals surface area contributed by atoms with Crippen LogP contribution in [0.4, 0.5) is 0 Å². The number of aromatic carboxylic acids is 1. The van der Waals surface area contributed by atoms with Crippen molar-refractivity contribution in [3.8, 4) is 17.2 Å². The van der Waals surface area contributed by atoms with Crippen LogP contribution in [0.1, 0.15) is 16.3 Å². The molecule has 0 radical (unpaired) electrons. The Balaban J connectivity index is 1.36. The Labute approximate surface area is 181 Å². The van der Waals surface area contributed by atoms with E-state index in [9.17, 15) is 9.59 Å². The predicted octanol–water partition coefficient (Wildman–Crippen LogP) is 5.61. The molecule has 0 saturated heterocycles. The van der Waals surface area contributed by atoms with E-state index < -0.39 is 5.97 Å². The first-order valence-corrected chi connectivity index (χ1v) is 9.74. The van der Waals surface area contributed by atoms with Gasteiger partial charge in [0.15, 0.2) is 0 Å². The molecule has 2 aromatic heterocycles. The first-order valence-electron chi connectivity index (χ1n) is 9.74. The number of ether oxygens (including phenoxy) is 2. The molecule has 0 atom stereocenters. The van der Waals surface area contributed by atoms with Crippen molar-refractivity contribution in [2.45, 2.75) is 6.61 Å². The van der Waals surface area contributed by atoms with E-state index in [-0.39, 0.29) is 23.5 Å². The van der Waals surface area contributed by atoms with E-state index in [1.165, 1.54) is 18.4 Å². The monoisotopic (exact) mass is 428 g/mol. The van der Waals surface area contributed by atoms with Crippen molar-refractivity contribution in [1.82, 2.24) is 0 Å². The van der Waals surface area contributed by atoms with Gasteiger partial charge in [-0.25, -0.2) is 4.79 Å². The number of benzene rings is 3. The molecular weight excluding hydrogens is 412 g/mol. The largest absolute Gasteiger partial charge is 0.486 e. The van der Waals surface area contributed by atoms with Gasteiger partial charge in [0.2, 0.25) is 16.9 Å². The maximum atomic E-state index is 12.9. The number of fused-ring (bicyclic) bond motifs is 2. The molecule has 0 aliphatic heterocycles. The van der Waals surface area contributed by atoms with E-state index in [1.54, 1.807) is 24.3 Å². The van der Waals surface area contributed by atoms with E-state index >= 15 is 0 Å². The van der Waals surface area contributed by atoms with Gasteiger partial charge in [-0.2, -0.15) is 0 Å². The van der Waals surface area contributed by atoms with Gasteiger partial charge in [0, 0.05) is 6.07 Å². The Morgan fingerprint density at radius 3 is 2.53 bits per heavy atom. The third kappa shape index (κ3) is 3.79. The molecule has 3 aromatic carbocycles. The quantitative estimate of drug-likeness (QED) is 0.375. The Kier molecular flexibility index (Phi) is 4.84. The van der Waals surface area contributed by atoms with E-state index in [1.807, 2.05) is 36.4 Å². The highest BCUT2D eigenvalue weighted by atomic mass is 16.5. The molecule has 158 valence electrons. The fraction of sp³-hybridized carbons (Fsp3) is 0.0400. The summed E-state index contributed by atoms with van der Waals surface area (Å²) in [5.41, 5.74) is 0.0344. The van der Waals surface area contributed by atoms with Gasteiger partial charge >= 0.3 is 5.97 Å². The molecule has 5 aromatic rings. The zero-order chi connectivity index (χ0) is 22.1. The van der Waals surface area contributed by atoms with Gasteiger partial charge in [0.1, 0.15) is 35.7 Å². The molecule has 0 bridgehead atoms. The summed E-state index contributed by atoms with van der Waals surface area (Å²) in [5.74, 6) is 0.116. The molecule has 0 fully saturated rings. The Hall–Kier alpha value is -4.52. The molecule has 7 heteroatoms. The highest BCUT2D eigenvalue weighted by molar-refractivity contribution is 5.84. The van der Waals surface area contributed by atoms with Crippen molar-refractivity contribution in [2.75, 3.05) is 0 Å². The minimum absolute atomic E-state index is 0.0339. The predicted molar refractivity (Wildman–Crippen MR) is 117 cm³/mol. The lowest BCUT2D eigenvalue weighted by Gasteiger charge is -2.08. The molecule has 0 unspecified atom stereocenters. The number of carbonyl (C=O) groups is 1. The van der Waals surface area contributed by atoms with Crippen LogP contribution < -0.4 is 14.9 Å². The first-order chi connectivity index (χ1) is 15.6. The van der Waals surface area contributed by atoms with E-state index in [0.29, 0.717) is 28.2 Å². The van der Waals surface area contributed by atoms with Crippen LogP contribution in [-0.2, 0) is 6.61 Å². The Morgan fingerprint density at radius 2 is 1.72 bits per heavy atom. The van der Waals surface area contributed by atoms with Crippen molar-refractivity contribution in [3.05, 3.63) is 101 Å². The average Bonchev–Trinajstić information content (AvgIpc) is 3.29. The molecule has 5 rings (SSSR count). The fourth-order valence-electron chi connectivity index (χ4n) is 3.33. The number of hydrogen-bond acceptors (Lipinski definition) is 6. The van der Waals surface area contributed by atoms with Crippen LogP contribution in [0.5, 0.6) is 17.2 Å². The normalized spacial score (nSPS) is 11.0. The maximum Gasteiger partial charge on any atom is 0.371 e. The van der Waals surface area contributed by atoms with Crippen LogP contribution in [0.25, 0.3) is 21.7 Å². The zero-order valence-electron chi connectivity index (χ0n) is 16.6. The van der Waals surface area contributed by atoms with Gasteiger partial charge in [-0.05, 0) is 47.2 Å². The minimum atomic E-state index is -1.15. The second-order valence-electron chi connectivity index (χ2n) is 7.06. The topological polar surface area (TPSA) is 99.1 Å². The highest BCUT2D eigenvalue weighted by Gasteiger charge is 2.12. The molecule has 2 heterocycles. The summed E-state index contributed by atoms with van der Waals surface area (Å²) in [5, 5.41) is 11.3. The van der Waals surface area contributed by atoms with Crippen LogP contribution in [-0.4, -0.2) is 11.1 Å². The molecule has 0 saturated carbocycles. The van der Waals surface area contributed by atoms with Crippen molar-refractivity contribution in [3.63, 3.8) is 0 Å². The SMILES string of the molecule is O=C(O)c1ccc(COc2ccc3c(=O)c(Oc4ccc5ccccc5c4)coc3c2)o1. The molecule has 0 amide bonds. The summed E-state index contributed by atoms with van der Waals surface area (Å²) in [7, 11) is 0. The summed E-state index contributed by atoms with van der Waals surface area (Å²) in [4.78, 5) is 23.7. The molecule has 0 aliphatic rings. The lowest BCUT2D eigenvalue weighted by Crippen LogP contribution is -2.05. The summed E-state index contributed by atoms with van der Waals surface area (Å²) in [6.07, 6.45) is 1.27. The van der Waals surface area contributed by atoms with Crippen LogP contribution >= 0.6 is 0 Å². The van der Waals surface area contributed by atoms with Crippen LogP contribution in [0.15, 0.2) is 92.7 Å². The summed E-state index contributed by atoms with van der Waals surface area (Å²) in [6.45, 7) is 0.0339. The lowest BCUT2D eigenvalue weighted by atomic mass is 10.1. The molecule has 0 aliphatic carbocycles. The third-order valence-corrected chi connectivity index (χ3v) is 4.92.